The average Bonchev–Trinajstić information content (AvgIpc) is 3.31. The smallest absolute Gasteiger partial charge is 0.306 e. The number of aliphatic hydroxyl groups excluding tert-OH is 2. The topological polar surface area (TPSA) is 95.9 Å². The molecule has 0 spiro atoms. The van der Waals surface area contributed by atoms with E-state index < -0.39 is 18.2 Å². The van der Waals surface area contributed by atoms with Gasteiger partial charge in [-0.1, -0.05) is 242 Å². The molecule has 3 atom stereocenters. The Hall–Kier alpha value is -2.44. The zero-order valence-corrected chi connectivity index (χ0v) is 43.8. The first-order valence-electron chi connectivity index (χ1n) is 28.5. The molecule has 0 aromatic rings. The second-order valence-corrected chi connectivity index (χ2v) is 19.3. The van der Waals surface area contributed by atoms with E-state index in [-0.39, 0.29) is 24.9 Å². The lowest BCUT2D eigenvalue weighted by molar-refractivity contribution is -0.151. The number of carbonyl (C=O) groups is 2. The van der Waals surface area contributed by atoms with Crippen molar-refractivity contribution in [1.82, 2.24) is 5.32 Å². The van der Waals surface area contributed by atoms with Gasteiger partial charge in [-0.15, -0.1) is 0 Å². The number of carbonyl (C=O) groups excluding carboxylic acids is 2. The van der Waals surface area contributed by atoms with Gasteiger partial charge in [-0.2, -0.15) is 0 Å². The van der Waals surface area contributed by atoms with Crippen LogP contribution in [0.2, 0.25) is 0 Å². The van der Waals surface area contributed by atoms with Crippen molar-refractivity contribution in [2.45, 2.75) is 302 Å². The molecule has 3 N–H and O–H groups in total. The summed E-state index contributed by atoms with van der Waals surface area (Å²) in [6.07, 6.45) is 67.1. The number of esters is 1. The molecule has 66 heavy (non-hydrogen) atoms. The zero-order valence-electron chi connectivity index (χ0n) is 43.8. The molecule has 0 aliphatic heterocycles. The number of allylic oxidation sites excluding steroid dienone is 10. The van der Waals surface area contributed by atoms with Crippen LogP contribution in [0, 0.1) is 0 Å². The number of nitrogens with one attached hydrogen (secondary N) is 1. The number of aliphatic hydroxyl groups is 2. The molecule has 0 heterocycles. The maximum absolute atomic E-state index is 13.3. The summed E-state index contributed by atoms with van der Waals surface area (Å²) in [5.74, 6) is -0.512. The maximum atomic E-state index is 13.3. The van der Waals surface area contributed by atoms with Crippen LogP contribution in [-0.4, -0.2) is 46.9 Å². The molecule has 384 valence electrons. The number of unbranched alkanes of at least 4 members (excludes halogenated alkanes) is 29. The second kappa shape index (κ2) is 53.5. The first-order chi connectivity index (χ1) is 32.5. The van der Waals surface area contributed by atoms with Crippen molar-refractivity contribution in [3.63, 3.8) is 0 Å². The highest BCUT2D eigenvalue weighted by Crippen LogP contribution is 2.18. The predicted molar refractivity (Wildman–Crippen MR) is 287 cm³/mol. The lowest BCUT2D eigenvalue weighted by Crippen LogP contribution is -2.46. The third-order valence-corrected chi connectivity index (χ3v) is 12.8. The molecule has 6 heteroatoms. The van der Waals surface area contributed by atoms with E-state index in [1.807, 2.05) is 0 Å². The van der Waals surface area contributed by atoms with Crippen LogP contribution in [0.25, 0.3) is 0 Å². The first-order valence-corrected chi connectivity index (χ1v) is 28.5. The van der Waals surface area contributed by atoms with Gasteiger partial charge in [0.2, 0.25) is 5.91 Å². The Kier molecular flexibility index (Phi) is 51.5. The number of amides is 1. The number of ether oxygens (including phenoxy) is 1. The van der Waals surface area contributed by atoms with E-state index in [1.54, 1.807) is 0 Å². The van der Waals surface area contributed by atoms with Crippen LogP contribution >= 0.6 is 0 Å². The third-order valence-electron chi connectivity index (χ3n) is 12.8. The average molecular weight is 925 g/mol. The molecule has 6 nitrogen and oxygen atoms in total. The minimum absolute atomic E-state index is 0.0588. The fraction of sp³-hybridized carbons (Fsp3) is 0.800. The van der Waals surface area contributed by atoms with Crippen LogP contribution in [0.1, 0.15) is 284 Å². The quantitative estimate of drug-likeness (QED) is 0.0321. The molecule has 0 rings (SSSR count). The normalized spacial score (nSPS) is 13.6. The summed E-state index contributed by atoms with van der Waals surface area (Å²) < 4.78 is 5.94. The van der Waals surface area contributed by atoms with Gasteiger partial charge in [-0.05, 0) is 89.9 Å². The van der Waals surface area contributed by atoms with Gasteiger partial charge in [0.1, 0.15) is 6.10 Å². The molecule has 0 bridgehead atoms. The van der Waals surface area contributed by atoms with Gasteiger partial charge in [0.05, 0.1) is 25.2 Å². The Morgan fingerprint density at radius 3 is 1.26 bits per heavy atom. The Morgan fingerprint density at radius 1 is 0.455 bits per heavy atom. The molecule has 0 aliphatic carbocycles. The van der Waals surface area contributed by atoms with Crippen molar-refractivity contribution in [2.75, 3.05) is 6.61 Å². The Labute approximate surface area is 409 Å². The van der Waals surface area contributed by atoms with E-state index in [9.17, 15) is 19.8 Å². The van der Waals surface area contributed by atoms with Gasteiger partial charge in [0.15, 0.2) is 0 Å². The Bertz CT molecular complexity index is 1170. The fourth-order valence-electron chi connectivity index (χ4n) is 8.53. The third kappa shape index (κ3) is 48.0. The van der Waals surface area contributed by atoms with Gasteiger partial charge in [0, 0.05) is 6.42 Å². The van der Waals surface area contributed by atoms with Crippen molar-refractivity contribution in [3.8, 4) is 0 Å². The molecule has 1 amide bonds. The van der Waals surface area contributed by atoms with E-state index in [0.717, 1.165) is 96.3 Å². The first kappa shape index (κ1) is 63.6. The van der Waals surface area contributed by atoms with Gasteiger partial charge in [-0.25, -0.2) is 0 Å². The molecule has 0 radical (unpaired) electrons. The Balaban J connectivity index is 4.60. The van der Waals surface area contributed by atoms with Crippen molar-refractivity contribution >= 4 is 11.9 Å². The maximum Gasteiger partial charge on any atom is 0.306 e. The molecule has 0 saturated carbocycles. The number of rotatable bonds is 51. The van der Waals surface area contributed by atoms with Crippen molar-refractivity contribution in [3.05, 3.63) is 60.8 Å². The van der Waals surface area contributed by atoms with E-state index in [4.69, 9.17) is 4.74 Å². The van der Waals surface area contributed by atoms with Gasteiger partial charge in [0.25, 0.3) is 0 Å². The van der Waals surface area contributed by atoms with E-state index in [2.05, 4.69) is 86.8 Å². The fourth-order valence-corrected chi connectivity index (χ4v) is 8.53. The molecular weight excluding hydrogens is 815 g/mol. The van der Waals surface area contributed by atoms with Crippen LogP contribution in [0.15, 0.2) is 60.8 Å². The van der Waals surface area contributed by atoms with Crippen LogP contribution in [0.3, 0.4) is 0 Å². The van der Waals surface area contributed by atoms with Crippen molar-refractivity contribution in [2.24, 2.45) is 0 Å². The summed E-state index contributed by atoms with van der Waals surface area (Å²) in [6.45, 7) is 6.38. The van der Waals surface area contributed by atoms with Crippen LogP contribution in [-0.2, 0) is 14.3 Å². The molecule has 3 unspecified atom stereocenters. The second-order valence-electron chi connectivity index (χ2n) is 19.3. The summed E-state index contributed by atoms with van der Waals surface area (Å²) in [5, 5.41) is 23.9. The lowest BCUT2D eigenvalue weighted by Gasteiger charge is -2.24. The minimum atomic E-state index is -0.798. The Morgan fingerprint density at radius 2 is 0.818 bits per heavy atom. The molecule has 0 fully saturated rings. The SMILES string of the molecule is CC/C=C/C/C=C/C/C=C/C/C=C/CCCCCC(=O)OC(CCCCCCC/C=C/CCCCCCCC)CC(=O)NC(CO)C(O)CCCCCCCCCCCCCCCCCC. The van der Waals surface area contributed by atoms with Gasteiger partial charge < -0.3 is 20.3 Å². The summed E-state index contributed by atoms with van der Waals surface area (Å²) in [4.78, 5) is 26.3. The van der Waals surface area contributed by atoms with Crippen LogP contribution in [0.5, 0.6) is 0 Å². The monoisotopic (exact) mass is 924 g/mol. The summed E-state index contributed by atoms with van der Waals surface area (Å²) >= 11 is 0. The van der Waals surface area contributed by atoms with E-state index >= 15 is 0 Å². The van der Waals surface area contributed by atoms with Crippen molar-refractivity contribution < 1.29 is 24.5 Å². The number of hydrogen-bond acceptors (Lipinski definition) is 5. The summed E-state index contributed by atoms with van der Waals surface area (Å²) in [7, 11) is 0. The lowest BCUT2D eigenvalue weighted by atomic mass is 10.0. The van der Waals surface area contributed by atoms with E-state index in [1.165, 1.54) is 141 Å². The van der Waals surface area contributed by atoms with E-state index in [0.29, 0.717) is 19.3 Å². The number of hydrogen-bond donors (Lipinski definition) is 3. The van der Waals surface area contributed by atoms with Crippen molar-refractivity contribution in [1.29, 1.82) is 0 Å². The highest BCUT2D eigenvalue weighted by atomic mass is 16.5. The van der Waals surface area contributed by atoms with Crippen LogP contribution in [0.4, 0.5) is 0 Å². The molecule has 0 aromatic heterocycles. The standard InChI is InChI=1S/C60H109NO5/c1-4-7-10-13-16-19-22-25-28-31-34-37-40-43-46-49-52-58(63)57(55-62)61-59(64)54-56(51-48-45-42-39-36-33-30-27-24-21-18-15-12-9-6-3)66-60(65)53-50-47-44-41-38-35-32-29-26-23-20-17-14-11-8-5-2/h8,11,17,20,26-27,29-30,35,38,56-58,62-63H,4-7,9-10,12-16,18-19,21-25,28,31-34,36-37,39-55H2,1-3H3,(H,61,64)/b11-8+,20-17+,29-26+,30-27+,38-35+. The zero-order chi connectivity index (χ0) is 48.1. The van der Waals surface area contributed by atoms with Crippen LogP contribution < -0.4 is 5.32 Å². The molecule has 0 aliphatic rings. The highest BCUT2D eigenvalue weighted by molar-refractivity contribution is 5.77. The molecular formula is C60H109NO5. The van der Waals surface area contributed by atoms with Gasteiger partial charge in [-0.3, -0.25) is 9.59 Å². The largest absolute Gasteiger partial charge is 0.462 e. The molecule has 0 saturated heterocycles. The predicted octanol–water partition coefficient (Wildman–Crippen LogP) is 17.6. The van der Waals surface area contributed by atoms with Gasteiger partial charge >= 0.3 is 5.97 Å². The minimum Gasteiger partial charge on any atom is -0.462 e. The summed E-state index contributed by atoms with van der Waals surface area (Å²) in [6, 6.07) is -0.713. The highest BCUT2D eigenvalue weighted by Gasteiger charge is 2.24. The summed E-state index contributed by atoms with van der Waals surface area (Å²) in [5.41, 5.74) is 0. The molecule has 0 aromatic carbocycles.